The Hall–Kier alpha value is -3.09. The summed E-state index contributed by atoms with van der Waals surface area (Å²) in [6, 6.07) is 5.00. The van der Waals surface area contributed by atoms with E-state index in [4.69, 9.17) is 5.73 Å². The molecule has 1 atom stereocenters. The molecule has 2 aromatic heterocycles. The van der Waals surface area contributed by atoms with Crippen LogP contribution in [0.4, 0.5) is 16.3 Å². The van der Waals surface area contributed by atoms with Crippen LogP contribution in [-0.4, -0.2) is 49.1 Å². The topological polar surface area (TPSA) is 112 Å². The number of pyridine rings is 1. The SMILES string of the molecule is NC(=O)Nc1cc(C#Cc2ccc(N3CCCCC3)nc2)sc1C(=O)NC1CCCNC1. The normalized spacial score (nSPS) is 18.4. The van der Waals surface area contributed by atoms with E-state index in [-0.39, 0.29) is 11.9 Å². The third-order valence-corrected chi connectivity index (χ3v) is 6.64. The third-order valence-electron chi connectivity index (χ3n) is 5.59. The van der Waals surface area contributed by atoms with Crippen LogP contribution < -0.4 is 26.6 Å². The number of nitrogens with zero attached hydrogens (tertiary/aromatic N) is 2. The van der Waals surface area contributed by atoms with Crippen LogP contribution in [0.25, 0.3) is 0 Å². The maximum Gasteiger partial charge on any atom is 0.316 e. The molecule has 168 valence electrons. The molecule has 3 amide bonds. The molecule has 2 aliphatic heterocycles. The lowest BCUT2D eigenvalue weighted by Gasteiger charge is -2.27. The van der Waals surface area contributed by atoms with Crippen molar-refractivity contribution in [2.24, 2.45) is 5.73 Å². The summed E-state index contributed by atoms with van der Waals surface area (Å²) in [6.07, 6.45) is 7.41. The van der Waals surface area contributed by atoms with Crippen LogP contribution in [0.2, 0.25) is 0 Å². The summed E-state index contributed by atoms with van der Waals surface area (Å²) in [6.45, 7) is 3.80. The van der Waals surface area contributed by atoms with Gasteiger partial charge in [0.25, 0.3) is 5.91 Å². The summed E-state index contributed by atoms with van der Waals surface area (Å²) in [7, 11) is 0. The number of piperidine rings is 2. The van der Waals surface area contributed by atoms with Crippen molar-refractivity contribution in [2.75, 3.05) is 36.4 Å². The minimum atomic E-state index is -0.715. The van der Waals surface area contributed by atoms with Crippen LogP contribution in [-0.2, 0) is 0 Å². The van der Waals surface area contributed by atoms with E-state index < -0.39 is 6.03 Å². The van der Waals surface area contributed by atoms with E-state index in [1.54, 1.807) is 12.3 Å². The van der Waals surface area contributed by atoms with Crippen molar-refractivity contribution in [1.29, 1.82) is 0 Å². The van der Waals surface area contributed by atoms with Crippen LogP contribution >= 0.6 is 11.3 Å². The zero-order valence-corrected chi connectivity index (χ0v) is 18.8. The molecule has 8 nitrogen and oxygen atoms in total. The van der Waals surface area contributed by atoms with Gasteiger partial charge in [0.15, 0.2) is 0 Å². The molecule has 32 heavy (non-hydrogen) atoms. The van der Waals surface area contributed by atoms with Crippen molar-refractivity contribution in [3.05, 3.63) is 39.7 Å². The lowest BCUT2D eigenvalue weighted by molar-refractivity contribution is 0.0935. The summed E-state index contributed by atoms with van der Waals surface area (Å²) in [5, 5.41) is 8.84. The Bertz CT molecular complexity index is 1010. The van der Waals surface area contributed by atoms with E-state index >= 15 is 0 Å². The Morgan fingerprint density at radius 3 is 2.72 bits per heavy atom. The number of urea groups is 1. The third kappa shape index (κ3) is 5.78. The molecule has 2 aromatic rings. The number of amides is 3. The fourth-order valence-corrected chi connectivity index (χ4v) is 4.85. The standard InChI is InChI=1S/C23H28N6O2S/c24-23(31)28-19-13-18(32-21(19)22(30)27-17-5-4-10-25-15-17)8-6-16-7-9-20(26-14-16)29-11-2-1-3-12-29/h7,9,13-14,17,25H,1-5,10-12,15H2,(H,27,30)(H3,24,28,31). The summed E-state index contributed by atoms with van der Waals surface area (Å²) in [4.78, 5) is 32.1. The Morgan fingerprint density at radius 2 is 2.03 bits per heavy atom. The highest BCUT2D eigenvalue weighted by molar-refractivity contribution is 7.15. The number of rotatable bonds is 4. The van der Waals surface area contributed by atoms with Gasteiger partial charge in [0, 0.05) is 37.4 Å². The van der Waals surface area contributed by atoms with E-state index in [2.05, 4.69) is 37.7 Å². The molecular formula is C23H28N6O2S. The minimum Gasteiger partial charge on any atom is -0.357 e. The lowest BCUT2D eigenvalue weighted by atomic mass is 10.1. The summed E-state index contributed by atoms with van der Waals surface area (Å²) in [5.41, 5.74) is 6.47. The number of carbonyl (C=O) groups is 2. The molecule has 2 saturated heterocycles. The number of primary amides is 1. The van der Waals surface area contributed by atoms with Crippen LogP contribution in [0, 0.1) is 11.8 Å². The smallest absolute Gasteiger partial charge is 0.316 e. The Morgan fingerprint density at radius 1 is 1.19 bits per heavy atom. The predicted molar refractivity (Wildman–Crippen MR) is 127 cm³/mol. The lowest BCUT2D eigenvalue weighted by Crippen LogP contribution is -2.45. The molecule has 0 aromatic carbocycles. The first-order chi connectivity index (χ1) is 15.6. The number of nitrogens with two attached hydrogens (primary N) is 1. The first-order valence-corrected chi connectivity index (χ1v) is 11.8. The van der Waals surface area contributed by atoms with Crippen LogP contribution in [0.1, 0.15) is 52.2 Å². The van der Waals surface area contributed by atoms with Gasteiger partial charge < -0.3 is 26.6 Å². The molecule has 0 spiro atoms. The fourth-order valence-electron chi connectivity index (χ4n) is 3.98. The van der Waals surface area contributed by atoms with Crippen LogP contribution in [0.5, 0.6) is 0 Å². The molecule has 4 heterocycles. The van der Waals surface area contributed by atoms with Crippen molar-refractivity contribution in [3.63, 3.8) is 0 Å². The first-order valence-electron chi connectivity index (χ1n) is 11.0. The van der Waals surface area contributed by atoms with Crippen LogP contribution in [0.15, 0.2) is 24.4 Å². The summed E-state index contributed by atoms with van der Waals surface area (Å²) in [5.74, 6) is 6.94. The van der Waals surface area contributed by atoms with Gasteiger partial charge in [-0.15, -0.1) is 11.3 Å². The Labute approximate surface area is 192 Å². The molecule has 9 heteroatoms. The zero-order chi connectivity index (χ0) is 22.3. The van der Waals surface area contributed by atoms with E-state index in [1.165, 1.54) is 30.6 Å². The Kier molecular flexibility index (Phi) is 7.24. The molecule has 0 aliphatic carbocycles. The number of anilines is 2. The predicted octanol–water partition coefficient (Wildman–Crippen LogP) is 2.51. The second-order valence-corrected chi connectivity index (χ2v) is 9.11. The maximum absolute atomic E-state index is 12.8. The number of thiophene rings is 1. The molecule has 5 N–H and O–H groups in total. The number of hydrogen-bond donors (Lipinski definition) is 4. The monoisotopic (exact) mass is 452 g/mol. The van der Waals surface area contributed by atoms with Gasteiger partial charge in [-0.1, -0.05) is 11.8 Å². The second kappa shape index (κ2) is 10.5. The van der Waals surface area contributed by atoms with Crippen molar-refractivity contribution < 1.29 is 9.59 Å². The first kappa shape index (κ1) is 22.1. The molecule has 0 bridgehead atoms. The molecule has 0 saturated carbocycles. The number of nitrogens with one attached hydrogen (secondary N) is 3. The zero-order valence-electron chi connectivity index (χ0n) is 17.9. The van der Waals surface area contributed by atoms with E-state index in [0.717, 1.165) is 50.4 Å². The summed E-state index contributed by atoms with van der Waals surface area (Å²) < 4.78 is 0. The van der Waals surface area contributed by atoms with Crippen molar-refractivity contribution in [3.8, 4) is 11.8 Å². The van der Waals surface area contributed by atoms with Gasteiger partial charge in [-0.2, -0.15) is 0 Å². The van der Waals surface area contributed by atoms with E-state index in [0.29, 0.717) is 15.4 Å². The highest BCUT2D eigenvalue weighted by atomic mass is 32.1. The number of hydrogen-bond acceptors (Lipinski definition) is 6. The van der Waals surface area contributed by atoms with Gasteiger partial charge in [0.1, 0.15) is 10.7 Å². The van der Waals surface area contributed by atoms with Gasteiger partial charge in [0.05, 0.1) is 10.6 Å². The quantitative estimate of drug-likeness (QED) is 0.533. The molecule has 2 fully saturated rings. The average Bonchev–Trinajstić information content (AvgIpc) is 3.21. The summed E-state index contributed by atoms with van der Waals surface area (Å²) >= 11 is 1.24. The largest absolute Gasteiger partial charge is 0.357 e. The van der Waals surface area contributed by atoms with Gasteiger partial charge in [-0.05, 0) is 56.8 Å². The molecule has 1 unspecified atom stereocenters. The maximum atomic E-state index is 12.8. The average molecular weight is 453 g/mol. The molecular weight excluding hydrogens is 424 g/mol. The molecule has 2 aliphatic rings. The highest BCUT2D eigenvalue weighted by Crippen LogP contribution is 2.27. The molecule has 0 radical (unpaired) electrons. The van der Waals surface area contributed by atoms with Crippen LogP contribution in [0.3, 0.4) is 0 Å². The van der Waals surface area contributed by atoms with E-state index in [9.17, 15) is 9.59 Å². The van der Waals surface area contributed by atoms with Crippen molar-refractivity contribution in [1.82, 2.24) is 15.6 Å². The number of aromatic nitrogens is 1. The fraction of sp³-hybridized carbons (Fsp3) is 0.435. The van der Waals surface area contributed by atoms with Crippen molar-refractivity contribution >= 4 is 34.8 Å². The van der Waals surface area contributed by atoms with Gasteiger partial charge in [-0.25, -0.2) is 9.78 Å². The van der Waals surface area contributed by atoms with E-state index in [1.807, 2.05) is 12.1 Å². The Balaban J connectivity index is 1.48. The van der Waals surface area contributed by atoms with Gasteiger partial charge in [0.2, 0.25) is 0 Å². The van der Waals surface area contributed by atoms with Gasteiger partial charge >= 0.3 is 6.03 Å². The number of carbonyl (C=O) groups excluding carboxylic acids is 2. The minimum absolute atomic E-state index is 0.0683. The molecule has 4 rings (SSSR count). The second-order valence-electron chi connectivity index (χ2n) is 8.06. The van der Waals surface area contributed by atoms with Gasteiger partial charge in [-0.3, -0.25) is 4.79 Å². The van der Waals surface area contributed by atoms with Crippen molar-refractivity contribution in [2.45, 2.75) is 38.1 Å². The highest BCUT2D eigenvalue weighted by Gasteiger charge is 2.21.